The first kappa shape index (κ1) is 13.3. The first-order valence-electron chi connectivity index (χ1n) is 6.67. The number of hydrogen-bond acceptors (Lipinski definition) is 4. The van der Waals surface area contributed by atoms with Crippen LogP contribution in [0.3, 0.4) is 0 Å². The molecule has 0 unspecified atom stereocenters. The predicted octanol–water partition coefficient (Wildman–Crippen LogP) is 1.80. The molecule has 0 spiro atoms. The fourth-order valence-corrected chi connectivity index (χ4v) is 3.30. The van der Waals surface area contributed by atoms with Crippen molar-refractivity contribution in [3.05, 3.63) is 29.8 Å². The van der Waals surface area contributed by atoms with Gasteiger partial charge in [-0.3, -0.25) is 9.59 Å². The van der Waals surface area contributed by atoms with Crippen molar-refractivity contribution in [1.29, 1.82) is 0 Å². The highest BCUT2D eigenvalue weighted by atomic mass is 32.2. The maximum atomic E-state index is 12.1. The van der Waals surface area contributed by atoms with Crippen molar-refractivity contribution >= 4 is 22.9 Å². The van der Waals surface area contributed by atoms with Gasteiger partial charge in [0.25, 0.3) is 5.24 Å². The fraction of sp³-hybridized carbons (Fsp3) is 0.429. The lowest BCUT2D eigenvalue weighted by atomic mass is 10.0. The predicted molar refractivity (Wildman–Crippen MR) is 76.9 cm³/mol. The number of ether oxygens (including phenoxy) is 1. The van der Waals surface area contributed by atoms with E-state index in [0.29, 0.717) is 13.2 Å². The van der Waals surface area contributed by atoms with Crippen LogP contribution < -0.4 is 10.1 Å². The molecule has 2 aliphatic heterocycles. The quantitative estimate of drug-likeness (QED) is 0.923. The first-order valence-corrected chi connectivity index (χ1v) is 7.65. The molecule has 0 aromatic heterocycles. The maximum Gasteiger partial charge on any atom is 0.282 e. The SMILES string of the molecule is O=C(CN1CCSC1=O)N[C@@H]1CCOc2ccccc21. The molecular formula is C14H16N2O3S. The topological polar surface area (TPSA) is 58.6 Å². The summed E-state index contributed by atoms with van der Waals surface area (Å²) in [6.45, 7) is 1.40. The molecule has 0 radical (unpaired) electrons. The lowest BCUT2D eigenvalue weighted by Crippen LogP contribution is -2.40. The van der Waals surface area contributed by atoms with Gasteiger partial charge in [-0.25, -0.2) is 0 Å². The van der Waals surface area contributed by atoms with E-state index in [1.54, 1.807) is 4.90 Å². The minimum Gasteiger partial charge on any atom is -0.493 e. The summed E-state index contributed by atoms with van der Waals surface area (Å²) in [7, 11) is 0. The number of rotatable bonds is 3. The van der Waals surface area contributed by atoms with Crippen LogP contribution in [0, 0.1) is 0 Å². The summed E-state index contributed by atoms with van der Waals surface area (Å²) in [4.78, 5) is 25.1. The average Bonchev–Trinajstić information content (AvgIpc) is 2.85. The molecule has 0 bridgehead atoms. The lowest BCUT2D eigenvalue weighted by Gasteiger charge is -2.27. The van der Waals surface area contributed by atoms with E-state index in [1.165, 1.54) is 11.8 Å². The number of carbonyl (C=O) groups excluding carboxylic acids is 2. The van der Waals surface area contributed by atoms with E-state index in [-0.39, 0.29) is 23.7 Å². The normalized spacial score (nSPS) is 21.3. The molecule has 1 saturated heterocycles. The summed E-state index contributed by atoms with van der Waals surface area (Å²) in [6.07, 6.45) is 0.755. The van der Waals surface area contributed by atoms with Gasteiger partial charge in [-0.2, -0.15) is 0 Å². The zero-order valence-electron chi connectivity index (χ0n) is 11.0. The summed E-state index contributed by atoms with van der Waals surface area (Å²) in [5.74, 6) is 1.49. The van der Waals surface area contributed by atoms with Crippen LogP contribution in [-0.4, -0.2) is 41.5 Å². The van der Waals surface area contributed by atoms with Crippen LogP contribution in [-0.2, 0) is 4.79 Å². The van der Waals surface area contributed by atoms with E-state index < -0.39 is 0 Å². The van der Waals surface area contributed by atoms with Crippen molar-refractivity contribution in [3.63, 3.8) is 0 Å². The molecule has 1 aromatic rings. The summed E-state index contributed by atoms with van der Waals surface area (Å²) in [5, 5.41) is 2.99. The Morgan fingerprint density at radius 1 is 1.45 bits per heavy atom. The average molecular weight is 292 g/mol. The van der Waals surface area contributed by atoms with Crippen molar-refractivity contribution in [2.24, 2.45) is 0 Å². The second kappa shape index (κ2) is 5.75. The molecular weight excluding hydrogens is 276 g/mol. The highest BCUT2D eigenvalue weighted by Crippen LogP contribution is 2.31. The zero-order chi connectivity index (χ0) is 13.9. The molecule has 1 aromatic carbocycles. The Morgan fingerprint density at radius 2 is 2.30 bits per heavy atom. The molecule has 2 amide bonds. The van der Waals surface area contributed by atoms with Crippen LogP contribution in [0.1, 0.15) is 18.0 Å². The summed E-state index contributed by atoms with van der Waals surface area (Å²) >= 11 is 1.27. The molecule has 0 saturated carbocycles. The fourth-order valence-electron chi connectivity index (χ4n) is 2.47. The van der Waals surface area contributed by atoms with Gasteiger partial charge in [-0.1, -0.05) is 30.0 Å². The van der Waals surface area contributed by atoms with Gasteiger partial charge in [-0.15, -0.1) is 0 Å². The first-order chi connectivity index (χ1) is 9.74. The van der Waals surface area contributed by atoms with Gasteiger partial charge in [0.2, 0.25) is 5.91 Å². The molecule has 0 aliphatic carbocycles. The maximum absolute atomic E-state index is 12.1. The summed E-state index contributed by atoms with van der Waals surface area (Å²) < 4.78 is 5.57. The minimum absolute atomic E-state index is 0.00692. The van der Waals surface area contributed by atoms with Gasteiger partial charge in [-0.05, 0) is 6.07 Å². The molecule has 2 heterocycles. The molecule has 5 nitrogen and oxygen atoms in total. The number of amides is 2. The Bertz CT molecular complexity index is 535. The van der Waals surface area contributed by atoms with Gasteiger partial charge in [0.1, 0.15) is 12.3 Å². The highest BCUT2D eigenvalue weighted by molar-refractivity contribution is 8.13. The van der Waals surface area contributed by atoms with E-state index in [1.807, 2.05) is 24.3 Å². The van der Waals surface area contributed by atoms with Crippen molar-refractivity contribution in [1.82, 2.24) is 10.2 Å². The second-order valence-electron chi connectivity index (χ2n) is 4.83. The van der Waals surface area contributed by atoms with Gasteiger partial charge in [0, 0.05) is 24.3 Å². The molecule has 106 valence electrons. The van der Waals surface area contributed by atoms with Crippen molar-refractivity contribution in [2.45, 2.75) is 12.5 Å². The van der Waals surface area contributed by atoms with E-state index in [4.69, 9.17) is 4.74 Å². The Kier molecular flexibility index (Phi) is 3.82. The van der Waals surface area contributed by atoms with Gasteiger partial charge in [0.15, 0.2) is 0 Å². The van der Waals surface area contributed by atoms with E-state index in [2.05, 4.69) is 5.32 Å². The van der Waals surface area contributed by atoms with Crippen molar-refractivity contribution < 1.29 is 14.3 Å². The monoisotopic (exact) mass is 292 g/mol. The molecule has 3 rings (SSSR count). The third-order valence-corrected chi connectivity index (χ3v) is 4.36. The van der Waals surface area contributed by atoms with E-state index >= 15 is 0 Å². The number of para-hydroxylation sites is 1. The largest absolute Gasteiger partial charge is 0.493 e. The number of thioether (sulfide) groups is 1. The zero-order valence-corrected chi connectivity index (χ0v) is 11.8. The van der Waals surface area contributed by atoms with Gasteiger partial charge in [0.05, 0.1) is 12.6 Å². The number of hydrogen-bond donors (Lipinski definition) is 1. The van der Waals surface area contributed by atoms with Crippen LogP contribution in [0.15, 0.2) is 24.3 Å². The van der Waals surface area contributed by atoms with Crippen LogP contribution in [0.25, 0.3) is 0 Å². The Balaban J connectivity index is 1.63. The smallest absolute Gasteiger partial charge is 0.282 e. The number of nitrogens with one attached hydrogen (secondary N) is 1. The highest BCUT2D eigenvalue weighted by Gasteiger charge is 2.26. The van der Waals surface area contributed by atoms with Gasteiger partial charge >= 0.3 is 0 Å². The molecule has 6 heteroatoms. The number of benzene rings is 1. The van der Waals surface area contributed by atoms with Crippen LogP contribution >= 0.6 is 11.8 Å². The van der Waals surface area contributed by atoms with E-state index in [9.17, 15) is 9.59 Å². The van der Waals surface area contributed by atoms with Crippen LogP contribution in [0.2, 0.25) is 0 Å². The Morgan fingerprint density at radius 3 is 3.10 bits per heavy atom. The summed E-state index contributed by atoms with van der Waals surface area (Å²) in [6, 6.07) is 7.71. The third-order valence-electron chi connectivity index (χ3n) is 3.47. The number of nitrogens with zero attached hydrogens (tertiary/aromatic N) is 1. The Hall–Kier alpha value is -1.69. The molecule has 1 atom stereocenters. The minimum atomic E-state index is -0.109. The number of carbonyl (C=O) groups is 2. The number of fused-ring (bicyclic) bond motifs is 1. The lowest BCUT2D eigenvalue weighted by molar-refractivity contribution is -0.122. The van der Waals surface area contributed by atoms with Crippen molar-refractivity contribution in [2.75, 3.05) is 25.4 Å². The van der Waals surface area contributed by atoms with Crippen LogP contribution in [0.5, 0.6) is 5.75 Å². The molecule has 2 aliphatic rings. The molecule has 20 heavy (non-hydrogen) atoms. The Labute approximate surface area is 121 Å². The third kappa shape index (κ3) is 2.75. The van der Waals surface area contributed by atoms with E-state index in [0.717, 1.165) is 23.5 Å². The summed E-state index contributed by atoms with van der Waals surface area (Å²) in [5.41, 5.74) is 1.01. The second-order valence-corrected chi connectivity index (χ2v) is 5.88. The van der Waals surface area contributed by atoms with Crippen LogP contribution in [0.4, 0.5) is 4.79 Å². The van der Waals surface area contributed by atoms with Crippen molar-refractivity contribution in [3.8, 4) is 5.75 Å². The molecule has 1 N–H and O–H groups in total. The van der Waals surface area contributed by atoms with Gasteiger partial charge < -0.3 is 15.0 Å². The molecule has 1 fully saturated rings. The standard InChI is InChI=1S/C14H16N2O3S/c17-13(9-16-6-8-20-14(16)18)15-11-5-7-19-12-4-2-1-3-10(11)12/h1-4,11H,5-9H2,(H,15,17)/t11-/m1/s1.